The van der Waals surface area contributed by atoms with E-state index in [4.69, 9.17) is 11.6 Å². The molecule has 0 unspecified atom stereocenters. The number of piperazine rings is 1. The van der Waals surface area contributed by atoms with Crippen LogP contribution >= 0.6 is 11.6 Å². The summed E-state index contributed by atoms with van der Waals surface area (Å²) in [5.41, 5.74) is 4.44. The number of carbonyl (C=O) groups excluding carboxylic acids is 1. The van der Waals surface area contributed by atoms with Crippen molar-refractivity contribution in [3.63, 3.8) is 0 Å². The monoisotopic (exact) mass is 475 g/mol. The summed E-state index contributed by atoms with van der Waals surface area (Å²) in [5.74, 6) is 0.438. The van der Waals surface area contributed by atoms with Crippen molar-refractivity contribution in [1.82, 2.24) is 14.9 Å². The highest BCUT2D eigenvalue weighted by Gasteiger charge is 2.19. The van der Waals surface area contributed by atoms with Crippen molar-refractivity contribution in [3.05, 3.63) is 78.0 Å². The number of allylic oxidation sites excluding steroid dienone is 1. The lowest BCUT2D eigenvalue weighted by atomic mass is 10.0. The van der Waals surface area contributed by atoms with Crippen molar-refractivity contribution in [3.8, 4) is 11.3 Å². The molecule has 1 saturated heterocycles. The van der Waals surface area contributed by atoms with E-state index >= 15 is 0 Å². The molecular weight excluding hydrogens is 446 g/mol. The average Bonchev–Trinajstić information content (AvgIpc) is 2.85. The van der Waals surface area contributed by atoms with E-state index < -0.39 is 0 Å². The van der Waals surface area contributed by atoms with Crippen LogP contribution < -0.4 is 10.2 Å². The first-order valence-corrected chi connectivity index (χ1v) is 11.9. The molecule has 1 aliphatic heterocycles. The van der Waals surface area contributed by atoms with Gasteiger partial charge in [-0.3, -0.25) is 9.69 Å². The van der Waals surface area contributed by atoms with Crippen LogP contribution in [0.1, 0.15) is 19.4 Å². The lowest BCUT2D eigenvalue weighted by molar-refractivity contribution is -0.114. The van der Waals surface area contributed by atoms with Crippen LogP contribution in [-0.2, 0) is 11.2 Å². The molecule has 0 radical (unpaired) electrons. The van der Waals surface area contributed by atoms with Gasteiger partial charge in [0.1, 0.15) is 0 Å². The second-order valence-corrected chi connectivity index (χ2v) is 9.14. The van der Waals surface area contributed by atoms with Gasteiger partial charge >= 0.3 is 0 Å². The summed E-state index contributed by atoms with van der Waals surface area (Å²) in [4.78, 5) is 25.7. The number of ketones is 1. The molecule has 0 amide bonds. The molecule has 4 rings (SSSR count). The van der Waals surface area contributed by atoms with E-state index in [1.807, 2.05) is 36.4 Å². The Bertz CT molecular complexity index is 1170. The van der Waals surface area contributed by atoms with Gasteiger partial charge < -0.3 is 10.2 Å². The molecule has 6 nitrogen and oxygen atoms in total. The molecule has 1 aromatic heterocycles. The van der Waals surface area contributed by atoms with Gasteiger partial charge in [0.25, 0.3) is 0 Å². The topological polar surface area (TPSA) is 61.4 Å². The quantitative estimate of drug-likeness (QED) is 0.442. The largest absolute Gasteiger partial charge is 0.369 e. The summed E-state index contributed by atoms with van der Waals surface area (Å²) in [6.45, 7) is 12.2. The summed E-state index contributed by atoms with van der Waals surface area (Å²) >= 11 is 6.43. The minimum Gasteiger partial charge on any atom is -0.369 e. The third kappa shape index (κ3) is 5.82. The SMILES string of the molecule is C=CC(=O)Cc1cccc(-c2nc(Nc3cccc(N4CCN(C(C)C)CC4)c3)ncc2Cl)c1. The summed E-state index contributed by atoms with van der Waals surface area (Å²) in [7, 11) is 0. The molecule has 34 heavy (non-hydrogen) atoms. The number of anilines is 3. The Labute approximate surface area is 206 Å². The molecule has 0 atom stereocenters. The minimum absolute atomic E-state index is 0.0289. The molecule has 1 N–H and O–H groups in total. The molecule has 1 aliphatic rings. The van der Waals surface area contributed by atoms with E-state index in [1.165, 1.54) is 11.8 Å². The maximum absolute atomic E-state index is 11.8. The molecule has 0 aliphatic carbocycles. The number of carbonyl (C=O) groups is 1. The van der Waals surface area contributed by atoms with E-state index in [0.29, 0.717) is 29.1 Å². The Kier molecular flexibility index (Phi) is 7.60. The predicted octanol–water partition coefficient (Wildman–Crippen LogP) is 5.37. The molecule has 2 heterocycles. The van der Waals surface area contributed by atoms with Gasteiger partial charge in [-0.2, -0.15) is 0 Å². The minimum atomic E-state index is -0.0289. The fourth-order valence-electron chi connectivity index (χ4n) is 4.14. The third-order valence-electron chi connectivity index (χ3n) is 6.06. The number of aromatic nitrogens is 2. The average molecular weight is 476 g/mol. The zero-order chi connectivity index (χ0) is 24.1. The van der Waals surface area contributed by atoms with Crippen LogP contribution in [-0.4, -0.2) is 52.9 Å². The Morgan fingerprint density at radius 2 is 1.91 bits per heavy atom. The second kappa shape index (κ2) is 10.8. The molecule has 0 bridgehead atoms. The van der Waals surface area contributed by atoms with Gasteiger partial charge in [0.2, 0.25) is 5.95 Å². The highest BCUT2D eigenvalue weighted by molar-refractivity contribution is 6.32. The summed E-state index contributed by atoms with van der Waals surface area (Å²) < 4.78 is 0. The molecule has 2 aromatic carbocycles. The zero-order valence-corrected chi connectivity index (χ0v) is 20.4. The van der Waals surface area contributed by atoms with E-state index in [-0.39, 0.29) is 5.78 Å². The lowest BCUT2D eigenvalue weighted by Gasteiger charge is -2.38. The van der Waals surface area contributed by atoms with Crippen molar-refractivity contribution in [2.75, 3.05) is 36.4 Å². The normalized spacial score (nSPS) is 14.3. The van der Waals surface area contributed by atoms with Gasteiger partial charge in [-0.15, -0.1) is 0 Å². The molecule has 3 aromatic rings. The molecule has 0 spiro atoms. The first-order valence-electron chi connectivity index (χ1n) is 11.6. The maximum Gasteiger partial charge on any atom is 0.227 e. The third-order valence-corrected chi connectivity index (χ3v) is 6.34. The number of rotatable bonds is 8. The fourth-order valence-corrected chi connectivity index (χ4v) is 4.34. The summed E-state index contributed by atoms with van der Waals surface area (Å²) in [6, 6.07) is 16.6. The van der Waals surface area contributed by atoms with Crippen LogP contribution in [0, 0.1) is 0 Å². The Balaban J connectivity index is 1.51. The van der Waals surface area contributed by atoms with Gasteiger partial charge in [0.05, 0.1) is 16.9 Å². The molecule has 7 heteroatoms. The number of nitrogens with zero attached hydrogens (tertiary/aromatic N) is 4. The number of halogens is 1. The first-order chi connectivity index (χ1) is 16.4. The summed E-state index contributed by atoms with van der Waals surface area (Å²) in [5, 5.41) is 3.77. The molecular formula is C27H30ClN5O. The first kappa shape index (κ1) is 23.9. The number of benzene rings is 2. The fraction of sp³-hybridized carbons (Fsp3) is 0.296. The highest BCUT2D eigenvalue weighted by Crippen LogP contribution is 2.29. The molecule has 1 fully saturated rings. The van der Waals surface area contributed by atoms with Gasteiger partial charge in [-0.05, 0) is 49.8 Å². The smallest absolute Gasteiger partial charge is 0.227 e. The van der Waals surface area contributed by atoms with Crippen molar-refractivity contribution in [2.24, 2.45) is 0 Å². The Morgan fingerprint density at radius 3 is 2.65 bits per heavy atom. The van der Waals surface area contributed by atoms with Crippen LogP contribution in [0.2, 0.25) is 5.02 Å². The number of hydrogen-bond acceptors (Lipinski definition) is 6. The van der Waals surface area contributed by atoms with Gasteiger partial charge in [-0.25, -0.2) is 9.97 Å². The highest BCUT2D eigenvalue weighted by atomic mass is 35.5. The standard InChI is InChI=1S/C27H30ClN5O/c1-4-24(34)16-20-7-5-8-21(15-20)26-25(28)18-29-27(31-26)30-22-9-6-10-23(17-22)33-13-11-32(12-14-33)19(2)3/h4-10,15,17-19H,1,11-14,16H2,2-3H3,(H,29,30,31). The van der Waals surface area contributed by atoms with Crippen molar-refractivity contribution in [2.45, 2.75) is 26.3 Å². The van der Waals surface area contributed by atoms with Crippen molar-refractivity contribution >= 4 is 34.7 Å². The van der Waals surface area contributed by atoms with Gasteiger partial charge in [0.15, 0.2) is 5.78 Å². The van der Waals surface area contributed by atoms with Crippen LogP contribution in [0.3, 0.4) is 0 Å². The number of nitrogens with one attached hydrogen (secondary N) is 1. The van der Waals surface area contributed by atoms with Crippen LogP contribution in [0.15, 0.2) is 67.4 Å². The Hall–Kier alpha value is -3.22. The van der Waals surface area contributed by atoms with E-state index in [1.54, 1.807) is 6.20 Å². The Morgan fingerprint density at radius 1 is 1.15 bits per heavy atom. The van der Waals surface area contributed by atoms with E-state index in [9.17, 15) is 4.79 Å². The zero-order valence-electron chi connectivity index (χ0n) is 19.7. The van der Waals surface area contributed by atoms with Crippen LogP contribution in [0.5, 0.6) is 0 Å². The predicted molar refractivity (Wildman–Crippen MR) is 140 cm³/mol. The van der Waals surface area contributed by atoms with Gasteiger partial charge in [-0.1, -0.05) is 42.4 Å². The van der Waals surface area contributed by atoms with Crippen molar-refractivity contribution < 1.29 is 4.79 Å². The lowest BCUT2D eigenvalue weighted by Crippen LogP contribution is -2.48. The van der Waals surface area contributed by atoms with Crippen LogP contribution in [0.4, 0.5) is 17.3 Å². The van der Waals surface area contributed by atoms with E-state index in [2.05, 4.69) is 57.6 Å². The van der Waals surface area contributed by atoms with E-state index in [0.717, 1.165) is 43.0 Å². The molecule has 176 valence electrons. The second-order valence-electron chi connectivity index (χ2n) is 8.73. The van der Waals surface area contributed by atoms with Gasteiger partial charge in [0, 0.05) is 55.6 Å². The molecule has 0 saturated carbocycles. The summed E-state index contributed by atoms with van der Waals surface area (Å²) in [6.07, 6.45) is 3.23. The maximum atomic E-state index is 11.8. The van der Waals surface area contributed by atoms with Crippen molar-refractivity contribution in [1.29, 1.82) is 0 Å². The number of hydrogen-bond donors (Lipinski definition) is 1. The van der Waals surface area contributed by atoms with Crippen LogP contribution in [0.25, 0.3) is 11.3 Å².